The van der Waals surface area contributed by atoms with E-state index in [1.54, 1.807) is 25.3 Å². The number of carbonyl (C=O) groups excluding carboxylic acids is 1. The molecule has 1 aliphatic carbocycles. The van der Waals surface area contributed by atoms with Crippen LogP contribution in [0.1, 0.15) is 37.7 Å². The number of hydrogen-bond acceptors (Lipinski definition) is 3. The van der Waals surface area contributed by atoms with Crippen molar-refractivity contribution in [2.75, 3.05) is 39.9 Å². The summed E-state index contributed by atoms with van der Waals surface area (Å²) >= 11 is 0. The summed E-state index contributed by atoms with van der Waals surface area (Å²) in [7, 11) is 1.80. The SMILES string of the molecule is COCC1CN(C2CCC2)CC12CCN(C(=O)Cc1ccccc1F)CC2. The first-order valence-corrected chi connectivity index (χ1v) is 10.4. The Kier molecular flexibility index (Phi) is 5.51. The van der Waals surface area contributed by atoms with Gasteiger partial charge in [-0.25, -0.2) is 4.39 Å². The van der Waals surface area contributed by atoms with Crippen molar-refractivity contribution < 1.29 is 13.9 Å². The van der Waals surface area contributed by atoms with Crippen molar-refractivity contribution in [1.82, 2.24) is 9.80 Å². The van der Waals surface area contributed by atoms with Crippen LogP contribution in [0.15, 0.2) is 24.3 Å². The van der Waals surface area contributed by atoms with E-state index in [9.17, 15) is 9.18 Å². The van der Waals surface area contributed by atoms with Gasteiger partial charge in [-0.3, -0.25) is 9.69 Å². The minimum Gasteiger partial charge on any atom is -0.384 e. The summed E-state index contributed by atoms with van der Waals surface area (Å²) in [5, 5.41) is 0. The lowest BCUT2D eigenvalue weighted by Gasteiger charge is -2.43. The molecule has 1 atom stereocenters. The molecule has 1 spiro atoms. The standard InChI is InChI=1S/C22H31FN2O2/c1-27-15-18-14-25(19-6-4-7-19)16-22(18)9-11-24(12-10-22)21(26)13-17-5-2-3-8-20(17)23/h2-3,5,8,18-19H,4,6-7,9-16H2,1H3. The molecule has 0 aromatic heterocycles. The van der Waals surface area contributed by atoms with Crippen LogP contribution >= 0.6 is 0 Å². The van der Waals surface area contributed by atoms with Gasteiger partial charge >= 0.3 is 0 Å². The highest BCUT2D eigenvalue weighted by molar-refractivity contribution is 5.79. The molecule has 2 saturated heterocycles. The summed E-state index contributed by atoms with van der Waals surface area (Å²) in [6.07, 6.45) is 6.27. The van der Waals surface area contributed by atoms with Crippen LogP contribution in [0.5, 0.6) is 0 Å². The molecule has 2 heterocycles. The topological polar surface area (TPSA) is 32.8 Å². The average molecular weight is 375 g/mol. The Morgan fingerprint density at radius 2 is 2.00 bits per heavy atom. The number of rotatable bonds is 5. The van der Waals surface area contributed by atoms with E-state index < -0.39 is 0 Å². The number of carbonyl (C=O) groups is 1. The summed E-state index contributed by atoms with van der Waals surface area (Å²) in [6.45, 7) is 4.67. The fourth-order valence-corrected chi connectivity index (χ4v) is 5.22. The monoisotopic (exact) mass is 374 g/mol. The zero-order valence-electron chi connectivity index (χ0n) is 16.3. The second-order valence-electron chi connectivity index (χ2n) is 8.68. The minimum atomic E-state index is -0.286. The van der Waals surface area contributed by atoms with Gasteiger partial charge in [0, 0.05) is 45.2 Å². The number of methoxy groups -OCH3 is 1. The van der Waals surface area contributed by atoms with E-state index in [-0.39, 0.29) is 23.6 Å². The van der Waals surface area contributed by atoms with Crippen molar-refractivity contribution in [2.24, 2.45) is 11.3 Å². The first-order valence-electron chi connectivity index (χ1n) is 10.4. The maximum absolute atomic E-state index is 13.9. The molecule has 1 aromatic rings. The third-order valence-corrected chi connectivity index (χ3v) is 7.21. The molecule has 0 N–H and O–H groups in total. The molecule has 3 fully saturated rings. The van der Waals surface area contributed by atoms with Crippen molar-refractivity contribution in [3.63, 3.8) is 0 Å². The molecule has 2 aliphatic heterocycles. The highest BCUT2D eigenvalue weighted by Gasteiger charge is 2.50. The van der Waals surface area contributed by atoms with E-state index in [0.717, 1.165) is 51.7 Å². The summed E-state index contributed by atoms with van der Waals surface area (Å²) in [4.78, 5) is 17.3. The minimum absolute atomic E-state index is 0.0482. The van der Waals surface area contributed by atoms with E-state index >= 15 is 0 Å². The number of likely N-dealkylation sites (tertiary alicyclic amines) is 2. The normalized spacial score (nSPS) is 25.7. The van der Waals surface area contributed by atoms with Crippen molar-refractivity contribution >= 4 is 5.91 Å². The fourth-order valence-electron chi connectivity index (χ4n) is 5.22. The molecule has 4 rings (SSSR count). The Labute approximate surface area is 161 Å². The van der Waals surface area contributed by atoms with Gasteiger partial charge in [0.1, 0.15) is 5.82 Å². The molecule has 27 heavy (non-hydrogen) atoms. The molecular weight excluding hydrogens is 343 g/mol. The van der Waals surface area contributed by atoms with Crippen LogP contribution < -0.4 is 0 Å². The lowest BCUT2D eigenvalue weighted by atomic mass is 9.71. The molecule has 148 valence electrons. The second-order valence-corrected chi connectivity index (χ2v) is 8.68. The fraction of sp³-hybridized carbons (Fsp3) is 0.682. The maximum Gasteiger partial charge on any atom is 0.227 e. The van der Waals surface area contributed by atoms with Gasteiger partial charge in [0.05, 0.1) is 13.0 Å². The van der Waals surface area contributed by atoms with Crippen molar-refractivity contribution in [2.45, 2.75) is 44.6 Å². The number of nitrogens with zero attached hydrogens (tertiary/aromatic N) is 2. The Morgan fingerprint density at radius 1 is 1.26 bits per heavy atom. The zero-order chi connectivity index (χ0) is 18.9. The number of amides is 1. The van der Waals surface area contributed by atoms with Gasteiger partial charge < -0.3 is 9.64 Å². The summed E-state index contributed by atoms with van der Waals surface area (Å²) in [5.74, 6) is 0.324. The highest BCUT2D eigenvalue weighted by Crippen LogP contribution is 2.47. The van der Waals surface area contributed by atoms with E-state index in [1.165, 1.54) is 25.3 Å². The van der Waals surface area contributed by atoms with Crippen molar-refractivity contribution in [3.05, 3.63) is 35.6 Å². The number of ether oxygens (including phenoxy) is 1. The molecule has 1 unspecified atom stereocenters. The van der Waals surface area contributed by atoms with Crippen LogP contribution in [0.25, 0.3) is 0 Å². The van der Waals surface area contributed by atoms with Gasteiger partial charge in [-0.05, 0) is 42.7 Å². The van der Waals surface area contributed by atoms with Crippen LogP contribution in [0, 0.1) is 17.2 Å². The lowest BCUT2D eigenvalue weighted by Crippen LogP contribution is -2.48. The van der Waals surface area contributed by atoms with Crippen LogP contribution in [-0.4, -0.2) is 61.6 Å². The third kappa shape index (κ3) is 3.77. The predicted octanol–water partition coefficient (Wildman–Crippen LogP) is 3.11. The Balaban J connectivity index is 1.38. The first kappa shape index (κ1) is 18.9. The van der Waals surface area contributed by atoms with Crippen LogP contribution in [0.2, 0.25) is 0 Å². The molecule has 0 radical (unpaired) electrons. The molecule has 1 amide bonds. The van der Waals surface area contributed by atoms with E-state index in [0.29, 0.717) is 11.5 Å². The summed E-state index contributed by atoms with van der Waals surface area (Å²) < 4.78 is 19.4. The zero-order valence-corrected chi connectivity index (χ0v) is 16.3. The number of hydrogen-bond donors (Lipinski definition) is 0. The Hall–Kier alpha value is -1.46. The van der Waals surface area contributed by atoms with Gasteiger partial charge in [0.25, 0.3) is 0 Å². The molecule has 5 heteroatoms. The van der Waals surface area contributed by atoms with Crippen LogP contribution in [0.4, 0.5) is 4.39 Å². The quantitative estimate of drug-likeness (QED) is 0.794. The van der Waals surface area contributed by atoms with E-state index in [1.807, 2.05) is 4.90 Å². The molecule has 1 saturated carbocycles. The predicted molar refractivity (Wildman–Crippen MR) is 103 cm³/mol. The number of piperidine rings is 1. The smallest absolute Gasteiger partial charge is 0.227 e. The van der Waals surface area contributed by atoms with Crippen molar-refractivity contribution in [3.8, 4) is 0 Å². The van der Waals surface area contributed by atoms with Crippen LogP contribution in [-0.2, 0) is 16.0 Å². The summed E-state index contributed by atoms with van der Waals surface area (Å²) in [6, 6.07) is 7.36. The lowest BCUT2D eigenvalue weighted by molar-refractivity contribution is -0.133. The molecule has 3 aliphatic rings. The number of halogens is 1. The van der Waals surface area contributed by atoms with Crippen LogP contribution in [0.3, 0.4) is 0 Å². The first-order chi connectivity index (χ1) is 13.1. The Morgan fingerprint density at radius 3 is 2.63 bits per heavy atom. The number of benzene rings is 1. The second kappa shape index (κ2) is 7.88. The average Bonchev–Trinajstić information content (AvgIpc) is 2.94. The maximum atomic E-state index is 13.9. The Bertz CT molecular complexity index is 668. The molecule has 4 nitrogen and oxygen atoms in total. The summed E-state index contributed by atoms with van der Waals surface area (Å²) in [5.41, 5.74) is 0.775. The van der Waals surface area contributed by atoms with Gasteiger partial charge in [0.15, 0.2) is 0 Å². The molecular formula is C22H31FN2O2. The largest absolute Gasteiger partial charge is 0.384 e. The van der Waals surface area contributed by atoms with E-state index in [2.05, 4.69) is 4.90 Å². The van der Waals surface area contributed by atoms with Gasteiger partial charge in [0.2, 0.25) is 5.91 Å². The molecule has 1 aromatic carbocycles. The van der Waals surface area contributed by atoms with Gasteiger partial charge in [-0.2, -0.15) is 0 Å². The molecule has 0 bridgehead atoms. The van der Waals surface area contributed by atoms with E-state index in [4.69, 9.17) is 4.74 Å². The van der Waals surface area contributed by atoms with Gasteiger partial charge in [-0.1, -0.05) is 24.6 Å². The van der Waals surface area contributed by atoms with Gasteiger partial charge in [-0.15, -0.1) is 0 Å². The van der Waals surface area contributed by atoms with Crippen molar-refractivity contribution in [1.29, 1.82) is 0 Å². The third-order valence-electron chi connectivity index (χ3n) is 7.21. The highest BCUT2D eigenvalue weighted by atomic mass is 19.1.